The second kappa shape index (κ2) is 5.29. The maximum absolute atomic E-state index is 11.2. The second-order valence-corrected chi connectivity index (χ2v) is 1.73. The van der Waals surface area contributed by atoms with E-state index in [9.17, 15) is 9.32 Å². The summed E-state index contributed by atoms with van der Waals surface area (Å²) < 4.78 is 11.2. The van der Waals surface area contributed by atoms with E-state index >= 15 is 0 Å². The van der Waals surface area contributed by atoms with Gasteiger partial charge in [-0.15, -0.1) is 0 Å². The van der Waals surface area contributed by atoms with Gasteiger partial charge in [-0.25, -0.2) is 9.74 Å². The van der Waals surface area contributed by atoms with Crippen molar-refractivity contribution < 1.29 is 14.3 Å². The molecule has 11 heavy (non-hydrogen) atoms. The van der Waals surface area contributed by atoms with Crippen molar-refractivity contribution in [2.24, 2.45) is 0 Å². The monoisotopic (exact) mass is 164 g/mol. The molecule has 1 aromatic rings. The third-order valence-electron chi connectivity index (χ3n) is 1.08. The molecular formula is C7H6FNaO2. The Morgan fingerprint density at radius 1 is 1.27 bits per heavy atom. The molecule has 0 amide bonds. The van der Waals surface area contributed by atoms with E-state index < -0.39 is 5.97 Å². The van der Waals surface area contributed by atoms with E-state index in [-0.39, 0.29) is 35.1 Å². The molecule has 1 aromatic carbocycles. The molecule has 0 unspecified atom stereocenters. The molecule has 0 aliphatic carbocycles. The fraction of sp³-hybridized carbons (Fsp3) is 0. The number of benzene rings is 1. The van der Waals surface area contributed by atoms with Crippen molar-refractivity contribution in [1.29, 1.82) is 0 Å². The predicted octanol–water partition coefficient (Wildman–Crippen LogP) is 1.08. The molecule has 0 fully saturated rings. The van der Waals surface area contributed by atoms with Gasteiger partial charge in [0.15, 0.2) is 0 Å². The molecule has 0 aliphatic heterocycles. The Hall–Kier alpha value is -0.380. The van der Waals surface area contributed by atoms with Crippen LogP contribution >= 0.6 is 0 Å². The molecule has 0 spiro atoms. The summed E-state index contributed by atoms with van der Waals surface area (Å²) in [5.41, 5.74) is 0.213. The molecule has 2 nitrogen and oxygen atoms in total. The van der Waals surface area contributed by atoms with Crippen LogP contribution in [0.2, 0.25) is 0 Å². The molecule has 0 N–H and O–H groups in total. The maximum atomic E-state index is 11.2. The van der Waals surface area contributed by atoms with Crippen LogP contribution in [0, 0.1) is 0 Å². The summed E-state index contributed by atoms with van der Waals surface area (Å²) in [7, 11) is 0. The van der Waals surface area contributed by atoms with Crippen LogP contribution in [0.3, 0.4) is 0 Å². The van der Waals surface area contributed by atoms with Gasteiger partial charge in [0.2, 0.25) is 0 Å². The molecule has 0 atom stereocenters. The third-order valence-corrected chi connectivity index (χ3v) is 1.08. The van der Waals surface area contributed by atoms with Crippen LogP contribution in [-0.4, -0.2) is 35.5 Å². The van der Waals surface area contributed by atoms with Crippen molar-refractivity contribution in [2.75, 3.05) is 0 Å². The van der Waals surface area contributed by atoms with Crippen LogP contribution < -0.4 is 0 Å². The number of hydrogen-bond donors (Lipinski definition) is 0. The number of carbonyl (C=O) groups is 1. The summed E-state index contributed by atoms with van der Waals surface area (Å²) in [6.45, 7) is 0. The van der Waals surface area contributed by atoms with Gasteiger partial charge in [-0.1, -0.05) is 18.2 Å². The number of hydrogen-bond acceptors (Lipinski definition) is 2. The molecule has 0 saturated heterocycles. The van der Waals surface area contributed by atoms with Crippen molar-refractivity contribution >= 4 is 35.5 Å². The van der Waals surface area contributed by atoms with Crippen LogP contribution in [0.25, 0.3) is 0 Å². The first-order valence-electron chi connectivity index (χ1n) is 2.72. The number of halogens is 1. The SMILES string of the molecule is O=C(OF)c1ccccc1.[NaH]. The van der Waals surface area contributed by atoms with Gasteiger partial charge in [-0.05, 0) is 12.1 Å². The van der Waals surface area contributed by atoms with Crippen molar-refractivity contribution in [3.8, 4) is 0 Å². The molecule has 1 rings (SSSR count). The average molecular weight is 164 g/mol. The summed E-state index contributed by atoms with van der Waals surface area (Å²) in [6, 6.07) is 7.94. The van der Waals surface area contributed by atoms with E-state index in [0.29, 0.717) is 0 Å². The summed E-state index contributed by atoms with van der Waals surface area (Å²) in [5, 5.41) is 0. The number of carbonyl (C=O) groups excluding carboxylic acids is 1. The molecule has 0 bridgehead atoms. The van der Waals surface area contributed by atoms with Gasteiger partial charge in [-0.2, -0.15) is 0 Å². The first-order valence-corrected chi connectivity index (χ1v) is 2.72. The Balaban J connectivity index is 0.000001000. The Bertz CT molecular complexity index is 225. The van der Waals surface area contributed by atoms with Gasteiger partial charge in [0.25, 0.3) is 0 Å². The Kier molecular flexibility index (Phi) is 5.11. The topological polar surface area (TPSA) is 26.3 Å². The molecule has 4 heteroatoms. The molecule has 0 aromatic heterocycles. The van der Waals surface area contributed by atoms with Gasteiger partial charge in [0.1, 0.15) is 0 Å². The Labute approximate surface area is 85.6 Å². The van der Waals surface area contributed by atoms with E-state index in [1.807, 2.05) is 0 Å². The van der Waals surface area contributed by atoms with E-state index in [1.165, 1.54) is 12.1 Å². The van der Waals surface area contributed by atoms with E-state index in [0.717, 1.165) is 0 Å². The Morgan fingerprint density at radius 3 is 2.27 bits per heavy atom. The van der Waals surface area contributed by atoms with Gasteiger partial charge < -0.3 is 0 Å². The molecular weight excluding hydrogens is 158 g/mol. The van der Waals surface area contributed by atoms with Crippen LogP contribution in [0.5, 0.6) is 0 Å². The standard InChI is InChI=1S/C7H5FO2.Na.H/c8-10-7(9)6-4-2-1-3-5-6;;/h1-5H;;. The zero-order chi connectivity index (χ0) is 7.40. The molecule has 0 radical (unpaired) electrons. The molecule has 0 aliphatic rings. The number of rotatable bonds is 1. The first kappa shape index (κ1) is 10.6. The fourth-order valence-electron chi connectivity index (χ4n) is 0.619. The Morgan fingerprint density at radius 2 is 1.82 bits per heavy atom. The third kappa shape index (κ3) is 3.01. The van der Waals surface area contributed by atoms with Crippen LogP contribution in [0.15, 0.2) is 30.3 Å². The zero-order valence-electron chi connectivity index (χ0n) is 5.08. The average Bonchev–Trinajstić information content (AvgIpc) is 2.05. The van der Waals surface area contributed by atoms with Crippen molar-refractivity contribution in [2.45, 2.75) is 0 Å². The first-order chi connectivity index (χ1) is 4.84. The van der Waals surface area contributed by atoms with Gasteiger partial charge in [-0.3, -0.25) is 0 Å². The normalized spacial score (nSPS) is 8.09. The zero-order valence-corrected chi connectivity index (χ0v) is 5.08. The van der Waals surface area contributed by atoms with E-state index in [4.69, 9.17) is 0 Å². The van der Waals surface area contributed by atoms with E-state index in [1.54, 1.807) is 18.2 Å². The van der Waals surface area contributed by atoms with Crippen LogP contribution in [0.4, 0.5) is 4.53 Å². The van der Waals surface area contributed by atoms with Crippen LogP contribution in [0.1, 0.15) is 10.4 Å². The fourth-order valence-corrected chi connectivity index (χ4v) is 0.619. The van der Waals surface area contributed by atoms with E-state index in [2.05, 4.69) is 4.94 Å². The summed E-state index contributed by atoms with van der Waals surface area (Å²) in [5.74, 6) is -0.958. The van der Waals surface area contributed by atoms with Crippen molar-refractivity contribution in [3.63, 3.8) is 0 Å². The summed E-state index contributed by atoms with van der Waals surface area (Å²) >= 11 is 0. The quantitative estimate of drug-likeness (QED) is 0.580. The summed E-state index contributed by atoms with van der Waals surface area (Å²) in [6.07, 6.45) is 0. The van der Waals surface area contributed by atoms with Gasteiger partial charge in [0, 0.05) is 4.53 Å². The molecule has 0 saturated carbocycles. The molecule has 0 heterocycles. The second-order valence-electron chi connectivity index (χ2n) is 1.73. The summed E-state index contributed by atoms with van der Waals surface area (Å²) in [4.78, 5) is 13.4. The van der Waals surface area contributed by atoms with Crippen LogP contribution in [-0.2, 0) is 4.94 Å². The minimum atomic E-state index is -0.958. The minimum absolute atomic E-state index is 0. The van der Waals surface area contributed by atoms with Gasteiger partial charge in [0.05, 0.1) is 5.56 Å². The van der Waals surface area contributed by atoms with Gasteiger partial charge >= 0.3 is 35.5 Å². The predicted molar refractivity (Wildman–Crippen MR) is 40.1 cm³/mol. The van der Waals surface area contributed by atoms with Crippen molar-refractivity contribution in [3.05, 3.63) is 35.9 Å². The van der Waals surface area contributed by atoms with Crippen molar-refractivity contribution in [1.82, 2.24) is 0 Å². The molecule has 54 valence electrons.